The minimum absolute atomic E-state index is 0.286. The maximum Gasteiger partial charge on any atom is 0.248 e. The van der Waals surface area contributed by atoms with Crippen molar-refractivity contribution in [2.75, 3.05) is 4.90 Å². The fraction of sp³-hybridized carbons (Fsp3) is 0.133. The van der Waals surface area contributed by atoms with Crippen LogP contribution in [0.5, 0.6) is 0 Å². The zero-order chi connectivity index (χ0) is 25.3. The van der Waals surface area contributed by atoms with Gasteiger partial charge in [0.1, 0.15) is 12.5 Å². The van der Waals surface area contributed by atoms with Gasteiger partial charge < -0.3 is 5.32 Å². The van der Waals surface area contributed by atoms with Crippen LogP contribution in [-0.2, 0) is 9.59 Å². The molecular weight excluding hydrogens is 448 g/mol. The molecule has 0 aliphatic heterocycles. The third-order valence-electron chi connectivity index (χ3n) is 5.92. The molecule has 0 fully saturated rings. The molecule has 4 aromatic rings. The predicted molar refractivity (Wildman–Crippen MR) is 140 cm³/mol. The number of carbonyl (C=O) groups excluding carboxylic acids is 2. The Kier molecular flexibility index (Phi) is 7.84. The third kappa shape index (κ3) is 5.65. The van der Waals surface area contributed by atoms with Crippen molar-refractivity contribution >= 4 is 17.5 Å². The number of anilines is 1. The van der Waals surface area contributed by atoms with Crippen LogP contribution >= 0.6 is 0 Å². The highest BCUT2D eigenvalue weighted by Crippen LogP contribution is 2.31. The Labute approximate surface area is 210 Å². The van der Waals surface area contributed by atoms with Gasteiger partial charge in [0.25, 0.3) is 0 Å². The van der Waals surface area contributed by atoms with E-state index >= 15 is 0 Å². The Hall–Kier alpha value is -4.76. The van der Waals surface area contributed by atoms with Crippen LogP contribution in [0.15, 0.2) is 109 Å². The van der Waals surface area contributed by atoms with Crippen molar-refractivity contribution in [2.45, 2.75) is 25.4 Å². The molecule has 1 N–H and O–H groups in total. The van der Waals surface area contributed by atoms with Gasteiger partial charge in [0.15, 0.2) is 0 Å². The first kappa shape index (κ1) is 24.4. The van der Waals surface area contributed by atoms with E-state index < -0.39 is 11.9 Å². The van der Waals surface area contributed by atoms with E-state index in [0.717, 1.165) is 16.7 Å². The molecule has 0 saturated heterocycles. The molecule has 0 unspecified atom stereocenters. The summed E-state index contributed by atoms with van der Waals surface area (Å²) < 4.78 is 0. The normalized spacial score (nSPS) is 12.1. The summed E-state index contributed by atoms with van der Waals surface area (Å²) in [6.45, 7) is 1.89. The first-order valence-electron chi connectivity index (χ1n) is 11.7. The number of carbonyl (C=O) groups is 2. The Morgan fingerprint density at radius 3 is 2.08 bits per heavy atom. The van der Waals surface area contributed by atoms with E-state index in [-0.39, 0.29) is 18.4 Å². The molecule has 0 bridgehead atoms. The van der Waals surface area contributed by atoms with Gasteiger partial charge in [-0.25, -0.2) is 0 Å². The van der Waals surface area contributed by atoms with Crippen LogP contribution in [0, 0.1) is 11.3 Å². The number of nitriles is 1. The van der Waals surface area contributed by atoms with E-state index in [9.17, 15) is 14.9 Å². The number of nitrogens with zero attached hydrogens (tertiary/aromatic N) is 3. The molecular formula is C30H26N4O2. The van der Waals surface area contributed by atoms with Crippen LogP contribution in [-0.4, -0.2) is 16.8 Å². The molecule has 6 heteroatoms. The number of pyridine rings is 1. The second-order valence-electron chi connectivity index (χ2n) is 8.34. The van der Waals surface area contributed by atoms with Gasteiger partial charge in [-0.1, -0.05) is 78.9 Å². The lowest BCUT2D eigenvalue weighted by Gasteiger charge is -2.32. The van der Waals surface area contributed by atoms with Crippen LogP contribution in [0.2, 0.25) is 0 Å². The number of hydrogen-bond acceptors (Lipinski definition) is 4. The van der Waals surface area contributed by atoms with Crippen molar-refractivity contribution in [1.29, 1.82) is 5.26 Å². The van der Waals surface area contributed by atoms with Crippen LogP contribution in [0.25, 0.3) is 11.1 Å². The fourth-order valence-corrected chi connectivity index (χ4v) is 4.11. The van der Waals surface area contributed by atoms with E-state index in [1.807, 2.05) is 85.8 Å². The van der Waals surface area contributed by atoms with Crippen molar-refractivity contribution in [3.8, 4) is 17.2 Å². The van der Waals surface area contributed by atoms with Gasteiger partial charge in [-0.2, -0.15) is 5.26 Å². The number of amides is 2. The van der Waals surface area contributed by atoms with Crippen LogP contribution in [0.1, 0.15) is 36.6 Å². The molecule has 0 radical (unpaired) electrons. The lowest BCUT2D eigenvalue weighted by molar-refractivity contribution is -0.126. The molecule has 6 nitrogen and oxygen atoms in total. The largest absolute Gasteiger partial charge is 0.347 e. The minimum Gasteiger partial charge on any atom is -0.347 e. The third-order valence-corrected chi connectivity index (χ3v) is 5.92. The monoisotopic (exact) mass is 474 g/mol. The fourth-order valence-electron chi connectivity index (χ4n) is 4.11. The van der Waals surface area contributed by atoms with E-state index in [1.165, 1.54) is 4.90 Å². The molecule has 36 heavy (non-hydrogen) atoms. The Bertz CT molecular complexity index is 1330. The Morgan fingerprint density at radius 1 is 0.861 bits per heavy atom. The maximum absolute atomic E-state index is 13.7. The maximum atomic E-state index is 13.7. The van der Waals surface area contributed by atoms with E-state index in [2.05, 4.69) is 10.3 Å². The summed E-state index contributed by atoms with van der Waals surface area (Å²) in [5, 5.41) is 12.3. The van der Waals surface area contributed by atoms with Gasteiger partial charge in [0, 0.05) is 23.6 Å². The summed E-state index contributed by atoms with van der Waals surface area (Å²) in [5.41, 5.74) is 4.03. The van der Waals surface area contributed by atoms with Gasteiger partial charge >= 0.3 is 0 Å². The van der Waals surface area contributed by atoms with E-state index in [1.54, 1.807) is 36.7 Å². The SMILES string of the molecule is C[C@H](NC(=O)[C@H](c1cccnc1)N(C(=O)CC#N)c1ccc(-c2ccccc2)cc1)c1ccccc1. The number of benzene rings is 3. The Morgan fingerprint density at radius 2 is 1.47 bits per heavy atom. The molecule has 178 valence electrons. The zero-order valence-corrected chi connectivity index (χ0v) is 19.9. The molecule has 3 aromatic carbocycles. The standard InChI is InChI=1S/C30H26N4O2/c1-22(23-9-4-2-5-10-23)33-30(36)29(26-13-8-20-32-21-26)34(28(35)18-19-31)27-16-14-25(15-17-27)24-11-6-3-7-12-24/h2-17,20-22,29H,18H2,1H3,(H,33,36)/t22-,29-/m0/s1. The molecule has 0 aliphatic carbocycles. The van der Waals surface area contributed by atoms with Crippen molar-refractivity contribution in [1.82, 2.24) is 10.3 Å². The summed E-state index contributed by atoms with van der Waals surface area (Å²) in [6, 6.07) is 31.0. The molecule has 0 aliphatic rings. The van der Waals surface area contributed by atoms with Crippen LogP contribution in [0.3, 0.4) is 0 Å². The van der Waals surface area contributed by atoms with Crippen molar-refractivity contribution < 1.29 is 9.59 Å². The Balaban J connectivity index is 1.73. The zero-order valence-electron chi connectivity index (χ0n) is 19.9. The van der Waals surface area contributed by atoms with Gasteiger partial charge in [-0.3, -0.25) is 19.5 Å². The quantitative estimate of drug-likeness (QED) is 0.359. The second kappa shape index (κ2) is 11.6. The topological polar surface area (TPSA) is 86.1 Å². The van der Waals surface area contributed by atoms with Gasteiger partial charge in [-0.15, -0.1) is 0 Å². The van der Waals surface area contributed by atoms with E-state index in [0.29, 0.717) is 11.3 Å². The summed E-state index contributed by atoms with van der Waals surface area (Å²) >= 11 is 0. The number of aromatic nitrogens is 1. The number of rotatable bonds is 8. The number of nitrogens with one attached hydrogen (secondary N) is 1. The highest BCUT2D eigenvalue weighted by Gasteiger charge is 2.33. The molecule has 0 saturated carbocycles. The first-order chi connectivity index (χ1) is 17.6. The molecule has 2 amide bonds. The highest BCUT2D eigenvalue weighted by atomic mass is 16.2. The van der Waals surface area contributed by atoms with E-state index in [4.69, 9.17) is 0 Å². The van der Waals surface area contributed by atoms with Crippen molar-refractivity contribution in [2.24, 2.45) is 0 Å². The van der Waals surface area contributed by atoms with Gasteiger partial charge in [0.05, 0.1) is 12.1 Å². The summed E-state index contributed by atoms with van der Waals surface area (Å²) in [7, 11) is 0. The smallest absolute Gasteiger partial charge is 0.248 e. The lowest BCUT2D eigenvalue weighted by Crippen LogP contribution is -2.44. The van der Waals surface area contributed by atoms with Gasteiger partial charge in [0.2, 0.25) is 11.8 Å². The number of hydrogen-bond donors (Lipinski definition) is 1. The summed E-state index contributed by atoms with van der Waals surface area (Å²) in [4.78, 5) is 32.6. The lowest BCUT2D eigenvalue weighted by atomic mass is 10.0. The molecule has 0 spiro atoms. The summed E-state index contributed by atoms with van der Waals surface area (Å²) in [6.07, 6.45) is 2.82. The summed E-state index contributed by atoms with van der Waals surface area (Å²) in [5.74, 6) is -0.834. The van der Waals surface area contributed by atoms with Gasteiger partial charge in [-0.05, 0) is 41.8 Å². The molecule has 1 heterocycles. The minimum atomic E-state index is -1.01. The second-order valence-corrected chi connectivity index (χ2v) is 8.34. The predicted octanol–water partition coefficient (Wildman–Crippen LogP) is 5.61. The van der Waals surface area contributed by atoms with Crippen molar-refractivity contribution in [3.63, 3.8) is 0 Å². The molecule has 4 rings (SSSR count). The first-order valence-corrected chi connectivity index (χ1v) is 11.7. The highest BCUT2D eigenvalue weighted by molar-refractivity contribution is 6.02. The average Bonchev–Trinajstić information content (AvgIpc) is 2.93. The molecule has 1 aromatic heterocycles. The van der Waals surface area contributed by atoms with Crippen molar-refractivity contribution in [3.05, 3.63) is 121 Å². The average molecular weight is 475 g/mol. The van der Waals surface area contributed by atoms with Crippen LogP contribution < -0.4 is 10.2 Å². The molecule has 2 atom stereocenters. The van der Waals surface area contributed by atoms with Crippen LogP contribution in [0.4, 0.5) is 5.69 Å².